The number of carbonyl (C=O) groups excluding carboxylic acids is 2. The highest BCUT2D eigenvalue weighted by Crippen LogP contribution is 2.44. The van der Waals surface area contributed by atoms with Crippen molar-refractivity contribution >= 4 is 29.0 Å². The Morgan fingerprint density at radius 1 is 0.941 bits per heavy atom. The van der Waals surface area contributed by atoms with Gasteiger partial charge < -0.3 is 4.74 Å². The number of ether oxygens (including phenoxy) is 1. The Bertz CT molecular complexity index is 1280. The molecule has 0 spiro atoms. The van der Waals surface area contributed by atoms with E-state index in [1.165, 1.54) is 0 Å². The highest BCUT2D eigenvalue weighted by molar-refractivity contribution is 6.31. The van der Waals surface area contributed by atoms with Crippen molar-refractivity contribution < 1.29 is 14.3 Å². The molecule has 0 saturated carbocycles. The number of hydrogen-bond acceptors (Lipinski definition) is 3. The Balaban J connectivity index is 1.44. The maximum Gasteiger partial charge on any atom is 0.232 e. The molecular formula is C29H26ClNO3. The fourth-order valence-electron chi connectivity index (χ4n) is 4.94. The molecule has 0 bridgehead atoms. The molecule has 0 radical (unpaired) electrons. The molecule has 0 aromatic heterocycles. The molecule has 1 aliphatic carbocycles. The fraction of sp³-hybridized carbons (Fsp3) is 0.241. The van der Waals surface area contributed by atoms with Gasteiger partial charge in [-0.1, -0.05) is 60.1 Å². The van der Waals surface area contributed by atoms with Crippen LogP contribution < -0.4 is 9.64 Å². The normalized spacial score (nSPS) is 18.2. The first kappa shape index (κ1) is 22.4. The summed E-state index contributed by atoms with van der Waals surface area (Å²) < 4.78 is 5.91. The summed E-state index contributed by atoms with van der Waals surface area (Å²) in [6, 6.07) is 23.2. The molecular weight excluding hydrogens is 446 g/mol. The third-order valence-electron chi connectivity index (χ3n) is 6.67. The highest BCUT2D eigenvalue weighted by atomic mass is 35.5. The number of allylic oxidation sites excluding steroid dienone is 2. The minimum atomic E-state index is -0.229. The van der Waals surface area contributed by atoms with Crippen molar-refractivity contribution in [1.29, 1.82) is 0 Å². The average molecular weight is 472 g/mol. The number of amides is 1. The third-order valence-corrected chi connectivity index (χ3v) is 7.03. The molecule has 5 rings (SSSR count). The smallest absolute Gasteiger partial charge is 0.232 e. The van der Waals surface area contributed by atoms with Gasteiger partial charge in [-0.05, 0) is 55.2 Å². The van der Waals surface area contributed by atoms with Crippen LogP contribution in [0.25, 0.3) is 0 Å². The topological polar surface area (TPSA) is 46.6 Å². The lowest BCUT2D eigenvalue weighted by molar-refractivity contribution is -0.119. The van der Waals surface area contributed by atoms with Gasteiger partial charge in [0.2, 0.25) is 5.91 Å². The summed E-state index contributed by atoms with van der Waals surface area (Å²) in [5.74, 6) is 0.674. The van der Waals surface area contributed by atoms with Gasteiger partial charge in [-0.25, -0.2) is 0 Å². The summed E-state index contributed by atoms with van der Waals surface area (Å²) in [4.78, 5) is 28.3. The number of halogens is 1. The first-order valence-electron chi connectivity index (χ1n) is 11.6. The largest absolute Gasteiger partial charge is 0.489 e. The second kappa shape index (κ2) is 9.47. The zero-order valence-electron chi connectivity index (χ0n) is 19.1. The molecule has 1 atom stereocenters. The van der Waals surface area contributed by atoms with Crippen molar-refractivity contribution in [1.82, 2.24) is 0 Å². The van der Waals surface area contributed by atoms with Gasteiger partial charge in [0.15, 0.2) is 5.78 Å². The number of Topliss-reactive ketones (excluding diaryl/α,β-unsaturated/α-hetero) is 1. The molecule has 172 valence electrons. The van der Waals surface area contributed by atoms with E-state index in [4.69, 9.17) is 16.3 Å². The van der Waals surface area contributed by atoms with Crippen LogP contribution in [0.2, 0.25) is 5.02 Å². The predicted molar refractivity (Wildman–Crippen MR) is 134 cm³/mol. The van der Waals surface area contributed by atoms with Crippen molar-refractivity contribution in [2.45, 2.75) is 45.1 Å². The molecule has 1 aliphatic heterocycles. The third kappa shape index (κ3) is 4.26. The van der Waals surface area contributed by atoms with Crippen LogP contribution in [0.15, 0.2) is 84.1 Å². The van der Waals surface area contributed by atoms with Crippen LogP contribution in [0, 0.1) is 6.92 Å². The summed E-state index contributed by atoms with van der Waals surface area (Å²) in [6.45, 7) is 2.38. The van der Waals surface area contributed by atoms with E-state index >= 15 is 0 Å². The zero-order valence-corrected chi connectivity index (χ0v) is 19.8. The van der Waals surface area contributed by atoms with Gasteiger partial charge in [0.1, 0.15) is 12.4 Å². The van der Waals surface area contributed by atoms with E-state index in [-0.39, 0.29) is 24.0 Å². The molecule has 0 N–H and O–H groups in total. The van der Waals surface area contributed by atoms with Crippen LogP contribution >= 0.6 is 11.6 Å². The number of anilines is 1. The molecule has 1 heterocycles. The van der Waals surface area contributed by atoms with E-state index in [0.29, 0.717) is 18.1 Å². The number of hydrogen-bond donors (Lipinski definition) is 0. The molecule has 0 fully saturated rings. The Labute approximate surface area is 204 Å². The minimum Gasteiger partial charge on any atom is -0.489 e. The van der Waals surface area contributed by atoms with Crippen LogP contribution in [0.1, 0.15) is 48.3 Å². The standard InChI is InChI=1S/C29H26ClNO3/c1-19-7-2-5-10-25(19)31-26-11-6-12-27(32)29(26)23(17-28(31)33)20-13-15-22(16-14-20)34-18-21-8-3-4-9-24(21)30/h2-5,7-10,13-16,23H,6,11-12,17-18H2,1H3. The van der Waals surface area contributed by atoms with Crippen molar-refractivity contribution in [2.75, 3.05) is 4.90 Å². The number of ketones is 1. The Morgan fingerprint density at radius 3 is 2.44 bits per heavy atom. The van der Waals surface area contributed by atoms with Gasteiger partial charge in [0.05, 0.1) is 5.69 Å². The van der Waals surface area contributed by atoms with Gasteiger partial charge in [-0.15, -0.1) is 0 Å². The van der Waals surface area contributed by atoms with E-state index in [9.17, 15) is 9.59 Å². The second-order valence-corrected chi connectivity index (χ2v) is 9.27. The Hall–Kier alpha value is -3.37. The van der Waals surface area contributed by atoms with Gasteiger partial charge in [-0.3, -0.25) is 14.5 Å². The van der Waals surface area contributed by atoms with Crippen molar-refractivity contribution in [3.63, 3.8) is 0 Å². The first-order valence-corrected chi connectivity index (χ1v) is 12.0. The minimum absolute atomic E-state index is 0.0341. The predicted octanol–water partition coefficient (Wildman–Crippen LogP) is 6.76. The average Bonchev–Trinajstić information content (AvgIpc) is 2.84. The van der Waals surface area contributed by atoms with E-state index in [0.717, 1.165) is 52.2 Å². The number of benzene rings is 3. The molecule has 1 amide bonds. The monoisotopic (exact) mass is 471 g/mol. The molecule has 2 aliphatic rings. The van der Waals surface area contributed by atoms with Crippen LogP contribution in [0.5, 0.6) is 5.75 Å². The van der Waals surface area contributed by atoms with Crippen LogP contribution in [-0.4, -0.2) is 11.7 Å². The van der Waals surface area contributed by atoms with Crippen LogP contribution in [0.3, 0.4) is 0 Å². The molecule has 3 aromatic carbocycles. The van der Waals surface area contributed by atoms with Crippen molar-refractivity contribution in [2.24, 2.45) is 0 Å². The lowest BCUT2D eigenvalue weighted by atomic mass is 9.77. The summed E-state index contributed by atoms with van der Waals surface area (Å²) >= 11 is 6.22. The number of carbonyl (C=O) groups is 2. The van der Waals surface area contributed by atoms with Gasteiger partial charge in [0, 0.05) is 40.6 Å². The highest BCUT2D eigenvalue weighted by Gasteiger charge is 2.39. The summed E-state index contributed by atoms with van der Waals surface area (Å²) in [6.07, 6.45) is 2.31. The molecule has 5 heteroatoms. The van der Waals surface area contributed by atoms with E-state index in [2.05, 4.69) is 0 Å². The van der Waals surface area contributed by atoms with Crippen LogP contribution in [0.4, 0.5) is 5.69 Å². The van der Waals surface area contributed by atoms with Crippen molar-refractivity contribution in [3.8, 4) is 5.75 Å². The molecule has 1 unspecified atom stereocenters. The second-order valence-electron chi connectivity index (χ2n) is 8.86. The van der Waals surface area contributed by atoms with Gasteiger partial charge in [0.25, 0.3) is 0 Å². The molecule has 4 nitrogen and oxygen atoms in total. The van der Waals surface area contributed by atoms with Gasteiger partial charge in [-0.2, -0.15) is 0 Å². The Morgan fingerprint density at radius 2 is 1.68 bits per heavy atom. The van der Waals surface area contributed by atoms with Crippen LogP contribution in [-0.2, 0) is 16.2 Å². The number of para-hydroxylation sites is 1. The van der Waals surface area contributed by atoms with Gasteiger partial charge >= 0.3 is 0 Å². The summed E-state index contributed by atoms with van der Waals surface area (Å²) in [7, 11) is 0. The summed E-state index contributed by atoms with van der Waals surface area (Å²) in [5, 5.41) is 0.674. The Kier molecular flexibility index (Phi) is 6.25. The molecule has 0 saturated heterocycles. The maximum atomic E-state index is 13.4. The number of nitrogens with zero attached hydrogens (tertiary/aromatic N) is 1. The van der Waals surface area contributed by atoms with E-state index < -0.39 is 0 Å². The quantitative estimate of drug-likeness (QED) is 0.413. The molecule has 3 aromatic rings. The number of aryl methyl sites for hydroxylation is 1. The molecule has 34 heavy (non-hydrogen) atoms. The maximum absolute atomic E-state index is 13.4. The fourth-order valence-corrected chi connectivity index (χ4v) is 5.13. The van der Waals surface area contributed by atoms with E-state index in [1.54, 1.807) is 4.90 Å². The first-order chi connectivity index (χ1) is 16.5. The summed E-state index contributed by atoms with van der Waals surface area (Å²) in [5.41, 5.74) is 5.44. The zero-order chi connectivity index (χ0) is 23.7. The van der Waals surface area contributed by atoms with E-state index in [1.807, 2.05) is 79.7 Å². The number of rotatable bonds is 5. The lowest BCUT2D eigenvalue weighted by Crippen LogP contribution is -2.40. The van der Waals surface area contributed by atoms with Crippen molar-refractivity contribution in [3.05, 3.63) is 106 Å². The SMILES string of the molecule is Cc1ccccc1N1C(=O)CC(c2ccc(OCc3ccccc3Cl)cc2)C2=C1CCCC2=O. The lowest BCUT2D eigenvalue weighted by Gasteiger charge is -2.39.